The first-order valence-electron chi connectivity index (χ1n) is 5.91. The summed E-state index contributed by atoms with van der Waals surface area (Å²) >= 11 is 7.50. The summed E-state index contributed by atoms with van der Waals surface area (Å²) in [5.41, 5.74) is 2.14. The Morgan fingerprint density at radius 2 is 2.21 bits per heavy atom. The smallest absolute Gasteiger partial charge is 0.260 e. The van der Waals surface area contributed by atoms with Crippen LogP contribution in [0.25, 0.3) is 0 Å². The summed E-state index contributed by atoms with van der Waals surface area (Å²) in [5.74, 6) is -0.283. The van der Waals surface area contributed by atoms with Crippen molar-refractivity contribution in [1.29, 1.82) is 0 Å². The summed E-state index contributed by atoms with van der Waals surface area (Å²) in [6.07, 6.45) is 2.33. The molecule has 2 aromatic heterocycles. The summed E-state index contributed by atoms with van der Waals surface area (Å²) in [4.78, 5) is 21.6. The van der Waals surface area contributed by atoms with Crippen molar-refractivity contribution in [3.63, 3.8) is 0 Å². The first-order valence-corrected chi connectivity index (χ1v) is 7.10. The van der Waals surface area contributed by atoms with Gasteiger partial charge in [-0.25, -0.2) is 4.98 Å². The number of hydrogen-bond acceptors (Lipinski definition) is 4. The van der Waals surface area contributed by atoms with Crippen LogP contribution in [0, 0.1) is 13.8 Å². The van der Waals surface area contributed by atoms with Crippen molar-refractivity contribution in [2.45, 2.75) is 27.2 Å². The van der Waals surface area contributed by atoms with Gasteiger partial charge in [0, 0.05) is 16.8 Å². The van der Waals surface area contributed by atoms with Crippen LogP contribution in [0.5, 0.6) is 0 Å². The molecule has 0 aliphatic carbocycles. The number of thiazole rings is 1. The maximum absolute atomic E-state index is 12.1. The molecule has 1 N–H and O–H groups in total. The number of nitrogens with zero attached hydrogens (tertiary/aromatic N) is 2. The fraction of sp³-hybridized carbons (Fsp3) is 0.308. The van der Waals surface area contributed by atoms with Gasteiger partial charge in [0.25, 0.3) is 5.91 Å². The van der Waals surface area contributed by atoms with Crippen molar-refractivity contribution in [2.75, 3.05) is 5.32 Å². The van der Waals surface area contributed by atoms with Crippen LogP contribution in [0.15, 0.2) is 12.3 Å². The predicted octanol–water partition coefficient (Wildman–Crippen LogP) is 3.62. The Morgan fingerprint density at radius 1 is 1.47 bits per heavy atom. The number of aryl methyl sites for hydroxylation is 3. The first kappa shape index (κ1) is 14.0. The zero-order chi connectivity index (χ0) is 14.0. The van der Waals surface area contributed by atoms with Crippen molar-refractivity contribution in [3.05, 3.63) is 39.1 Å². The van der Waals surface area contributed by atoms with Crippen LogP contribution in [-0.2, 0) is 6.42 Å². The summed E-state index contributed by atoms with van der Waals surface area (Å²) in [5, 5.41) is 3.75. The molecule has 0 aliphatic rings. The number of nitrogens with one attached hydrogen (secondary N) is 1. The van der Waals surface area contributed by atoms with Crippen molar-refractivity contribution in [2.24, 2.45) is 0 Å². The van der Waals surface area contributed by atoms with Crippen LogP contribution in [-0.4, -0.2) is 15.9 Å². The Balaban J connectivity index is 2.20. The molecule has 1 amide bonds. The molecule has 0 atom stereocenters. The predicted molar refractivity (Wildman–Crippen MR) is 78.2 cm³/mol. The van der Waals surface area contributed by atoms with E-state index in [1.54, 1.807) is 6.07 Å². The van der Waals surface area contributed by atoms with E-state index in [9.17, 15) is 4.79 Å². The van der Waals surface area contributed by atoms with Crippen LogP contribution in [0.1, 0.15) is 33.5 Å². The van der Waals surface area contributed by atoms with E-state index in [0.717, 1.165) is 22.7 Å². The summed E-state index contributed by atoms with van der Waals surface area (Å²) in [7, 11) is 0. The molecule has 2 aromatic rings. The molecule has 0 unspecified atom stereocenters. The highest BCUT2D eigenvalue weighted by Crippen LogP contribution is 2.24. The maximum atomic E-state index is 12.1. The SMILES string of the molecule is CCc1nc(NC(=O)c2cnc(C)cc2Cl)sc1C. The Labute approximate surface area is 120 Å². The van der Waals surface area contributed by atoms with E-state index in [1.807, 2.05) is 20.8 Å². The van der Waals surface area contributed by atoms with Crippen molar-refractivity contribution >= 4 is 34.0 Å². The second kappa shape index (κ2) is 5.67. The maximum Gasteiger partial charge on any atom is 0.260 e. The fourth-order valence-corrected chi connectivity index (χ4v) is 2.86. The monoisotopic (exact) mass is 295 g/mol. The molecule has 0 saturated heterocycles. The number of carbonyl (C=O) groups is 1. The minimum Gasteiger partial charge on any atom is -0.298 e. The van der Waals surface area contributed by atoms with Crippen LogP contribution >= 0.6 is 22.9 Å². The first-order chi connectivity index (χ1) is 9.01. The molecule has 19 heavy (non-hydrogen) atoms. The number of amides is 1. The molecule has 0 aromatic carbocycles. The van der Waals surface area contributed by atoms with Crippen molar-refractivity contribution in [3.8, 4) is 0 Å². The second-order valence-corrected chi connectivity index (χ2v) is 5.75. The molecule has 100 valence electrons. The van der Waals surface area contributed by atoms with Gasteiger partial charge in [-0.2, -0.15) is 0 Å². The number of carbonyl (C=O) groups excluding carboxylic acids is 1. The van der Waals surface area contributed by atoms with E-state index in [-0.39, 0.29) is 5.91 Å². The molecule has 0 radical (unpaired) electrons. The standard InChI is InChI=1S/C13H14ClN3OS/c1-4-11-8(3)19-13(16-11)17-12(18)9-6-15-7(2)5-10(9)14/h5-6H,4H2,1-3H3,(H,16,17,18). The van der Waals surface area contributed by atoms with Gasteiger partial charge in [-0.15, -0.1) is 11.3 Å². The number of halogens is 1. The summed E-state index contributed by atoms with van der Waals surface area (Å²) in [6, 6.07) is 1.67. The lowest BCUT2D eigenvalue weighted by Gasteiger charge is -2.04. The fourth-order valence-electron chi connectivity index (χ4n) is 1.67. The number of pyridine rings is 1. The zero-order valence-electron chi connectivity index (χ0n) is 11.0. The van der Waals surface area contributed by atoms with Crippen molar-refractivity contribution in [1.82, 2.24) is 9.97 Å². The van der Waals surface area contributed by atoms with Gasteiger partial charge < -0.3 is 0 Å². The average Bonchev–Trinajstić information content (AvgIpc) is 2.69. The van der Waals surface area contributed by atoms with E-state index in [2.05, 4.69) is 15.3 Å². The van der Waals surface area contributed by atoms with Crippen LogP contribution in [0.2, 0.25) is 5.02 Å². The van der Waals surface area contributed by atoms with E-state index < -0.39 is 0 Å². The molecular weight excluding hydrogens is 282 g/mol. The molecule has 4 nitrogen and oxygen atoms in total. The quantitative estimate of drug-likeness (QED) is 0.941. The van der Waals surface area contributed by atoms with E-state index in [0.29, 0.717) is 15.7 Å². The Kier molecular flexibility index (Phi) is 4.17. The second-order valence-electron chi connectivity index (χ2n) is 4.14. The van der Waals surface area contributed by atoms with Gasteiger partial charge in [-0.3, -0.25) is 15.1 Å². The number of aromatic nitrogens is 2. The van der Waals surface area contributed by atoms with Gasteiger partial charge in [-0.05, 0) is 26.3 Å². The molecule has 0 aliphatic heterocycles. The highest BCUT2D eigenvalue weighted by atomic mass is 35.5. The molecule has 0 spiro atoms. The molecule has 0 saturated carbocycles. The van der Waals surface area contributed by atoms with Gasteiger partial charge in [0.15, 0.2) is 5.13 Å². The molecule has 6 heteroatoms. The third kappa shape index (κ3) is 3.11. The van der Waals surface area contributed by atoms with Crippen LogP contribution in [0.3, 0.4) is 0 Å². The van der Waals surface area contributed by atoms with Gasteiger partial charge in [-0.1, -0.05) is 18.5 Å². The highest BCUT2D eigenvalue weighted by molar-refractivity contribution is 7.15. The van der Waals surface area contributed by atoms with E-state index in [1.165, 1.54) is 17.5 Å². The minimum absolute atomic E-state index is 0.283. The van der Waals surface area contributed by atoms with E-state index >= 15 is 0 Å². The van der Waals surface area contributed by atoms with Crippen LogP contribution < -0.4 is 5.32 Å². The van der Waals surface area contributed by atoms with Crippen LogP contribution in [0.4, 0.5) is 5.13 Å². The summed E-state index contributed by atoms with van der Waals surface area (Å²) in [6.45, 7) is 5.85. The number of anilines is 1. The Morgan fingerprint density at radius 3 is 2.79 bits per heavy atom. The van der Waals surface area contributed by atoms with Gasteiger partial charge in [0.05, 0.1) is 16.3 Å². The summed E-state index contributed by atoms with van der Waals surface area (Å²) < 4.78 is 0. The lowest BCUT2D eigenvalue weighted by Crippen LogP contribution is -2.13. The van der Waals surface area contributed by atoms with E-state index in [4.69, 9.17) is 11.6 Å². The zero-order valence-corrected chi connectivity index (χ0v) is 12.5. The number of hydrogen-bond donors (Lipinski definition) is 1. The molecular formula is C13H14ClN3OS. The molecule has 2 rings (SSSR count). The third-order valence-electron chi connectivity index (χ3n) is 2.68. The lowest BCUT2D eigenvalue weighted by atomic mass is 10.2. The van der Waals surface area contributed by atoms with Gasteiger partial charge >= 0.3 is 0 Å². The van der Waals surface area contributed by atoms with Gasteiger partial charge in [0.1, 0.15) is 0 Å². The minimum atomic E-state index is -0.283. The Bertz CT molecular complexity index is 624. The Hall–Kier alpha value is -1.46. The van der Waals surface area contributed by atoms with Crippen molar-refractivity contribution < 1.29 is 4.79 Å². The average molecular weight is 296 g/mol. The molecule has 0 fully saturated rings. The highest BCUT2D eigenvalue weighted by Gasteiger charge is 2.14. The third-order valence-corrected chi connectivity index (χ3v) is 3.92. The lowest BCUT2D eigenvalue weighted by molar-refractivity contribution is 0.102. The topological polar surface area (TPSA) is 54.9 Å². The largest absolute Gasteiger partial charge is 0.298 e. The number of rotatable bonds is 3. The normalized spacial score (nSPS) is 10.5. The molecule has 0 bridgehead atoms. The molecule has 2 heterocycles. The van der Waals surface area contributed by atoms with Gasteiger partial charge in [0.2, 0.25) is 0 Å².